The summed E-state index contributed by atoms with van der Waals surface area (Å²) in [6.07, 6.45) is 1.84. The molecule has 0 bridgehead atoms. The molecule has 0 spiro atoms. The van der Waals surface area contributed by atoms with E-state index in [9.17, 15) is 9.59 Å². The Hall–Kier alpha value is -2.04. The zero-order chi connectivity index (χ0) is 13.7. The van der Waals surface area contributed by atoms with Gasteiger partial charge in [-0.1, -0.05) is 13.0 Å². The molecule has 1 atom stereocenters. The summed E-state index contributed by atoms with van der Waals surface area (Å²) in [7, 11) is 0. The van der Waals surface area contributed by atoms with E-state index in [2.05, 4.69) is 10.6 Å². The second-order valence-corrected chi connectivity index (χ2v) is 4.52. The first-order valence-electron chi connectivity index (χ1n) is 6.52. The summed E-state index contributed by atoms with van der Waals surface area (Å²) in [5, 5.41) is 5.45. The molecule has 1 saturated heterocycles. The molecule has 0 aromatic heterocycles. The van der Waals surface area contributed by atoms with Gasteiger partial charge in [-0.15, -0.1) is 0 Å². The van der Waals surface area contributed by atoms with Gasteiger partial charge >= 0.3 is 0 Å². The number of ether oxygens (including phenoxy) is 1. The second kappa shape index (κ2) is 6.22. The first kappa shape index (κ1) is 13.4. The van der Waals surface area contributed by atoms with Crippen LogP contribution in [0.25, 0.3) is 0 Å². The first-order chi connectivity index (χ1) is 9.19. The Balaban J connectivity index is 1.98. The molecule has 5 heteroatoms. The maximum absolute atomic E-state index is 11.6. The van der Waals surface area contributed by atoms with E-state index in [4.69, 9.17) is 4.74 Å². The van der Waals surface area contributed by atoms with E-state index in [-0.39, 0.29) is 17.9 Å². The SMILES string of the molecule is CCCOc1cccc(NC2CCC(=O)NC2=O)c1. The van der Waals surface area contributed by atoms with Gasteiger partial charge in [-0.05, 0) is 25.0 Å². The van der Waals surface area contributed by atoms with Crippen molar-refractivity contribution in [2.45, 2.75) is 32.2 Å². The van der Waals surface area contributed by atoms with Crippen LogP contribution in [0.1, 0.15) is 26.2 Å². The molecule has 19 heavy (non-hydrogen) atoms. The van der Waals surface area contributed by atoms with E-state index < -0.39 is 0 Å². The lowest BCUT2D eigenvalue weighted by atomic mass is 10.1. The number of carbonyl (C=O) groups is 2. The highest BCUT2D eigenvalue weighted by atomic mass is 16.5. The van der Waals surface area contributed by atoms with Crippen LogP contribution in [0.4, 0.5) is 5.69 Å². The number of amides is 2. The number of hydrogen-bond acceptors (Lipinski definition) is 4. The Labute approximate surface area is 112 Å². The Morgan fingerprint density at radius 1 is 1.42 bits per heavy atom. The molecule has 5 nitrogen and oxygen atoms in total. The highest BCUT2D eigenvalue weighted by Gasteiger charge is 2.26. The predicted molar refractivity (Wildman–Crippen MR) is 72.0 cm³/mol. The van der Waals surface area contributed by atoms with E-state index in [0.29, 0.717) is 19.4 Å². The summed E-state index contributed by atoms with van der Waals surface area (Å²) in [6.45, 7) is 2.72. The Morgan fingerprint density at radius 3 is 3.00 bits per heavy atom. The van der Waals surface area contributed by atoms with Crippen molar-refractivity contribution >= 4 is 17.5 Å². The first-order valence-corrected chi connectivity index (χ1v) is 6.52. The van der Waals surface area contributed by atoms with Gasteiger partial charge in [0.2, 0.25) is 11.8 Å². The number of anilines is 1. The summed E-state index contributed by atoms with van der Waals surface area (Å²) < 4.78 is 5.53. The van der Waals surface area contributed by atoms with Crippen molar-refractivity contribution in [2.24, 2.45) is 0 Å². The third-order valence-electron chi connectivity index (χ3n) is 2.89. The molecule has 0 radical (unpaired) electrons. The van der Waals surface area contributed by atoms with Crippen LogP contribution in [0.3, 0.4) is 0 Å². The average Bonchev–Trinajstić information content (AvgIpc) is 2.40. The number of piperidine rings is 1. The van der Waals surface area contributed by atoms with Gasteiger partial charge in [0, 0.05) is 18.2 Å². The normalized spacial score (nSPS) is 18.9. The van der Waals surface area contributed by atoms with Gasteiger partial charge in [0.25, 0.3) is 0 Å². The molecule has 2 amide bonds. The maximum Gasteiger partial charge on any atom is 0.249 e. The van der Waals surface area contributed by atoms with E-state index >= 15 is 0 Å². The lowest BCUT2D eigenvalue weighted by Gasteiger charge is -2.23. The molecule has 1 heterocycles. The second-order valence-electron chi connectivity index (χ2n) is 4.52. The summed E-state index contributed by atoms with van der Waals surface area (Å²) in [6, 6.07) is 7.13. The Bertz CT molecular complexity index is 474. The fourth-order valence-electron chi connectivity index (χ4n) is 1.93. The van der Waals surface area contributed by atoms with Crippen molar-refractivity contribution in [2.75, 3.05) is 11.9 Å². The van der Waals surface area contributed by atoms with Crippen molar-refractivity contribution in [1.82, 2.24) is 5.32 Å². The van der Waals surface area contributed by atoms with Crippen molar-refractivity contribution in [3.05, 3.63) is 24.3 Å². The molecular formula is C14H18N2O3. The third-order valence-corrected chi connectivity index (χ3v) is 2.89. The van der Waals surface area contributed by atoms with Gasteiger partial charge in [-0.25, -0.2) is 0 Å². The monoisotopic (exact) mass is 262 g/mol. The van der Waals surface area contributed by atoms with Crippen LogP contribution >= 0.6 is 0 Å². The molecule has 2 N–H and O–H groups in total. The van der Waals surface area contributed by atoms with E-state index in [0.717, 1.165) is 17.9 Å². The number of hydrogen-bond donors (Lipinski definition) is 2. The molecule has 1 aromatic carbocycles. The Morgan fingerprint density at radius 2 is 2.26 bits per heavy atom. The van der Waals surface area contributed by atoms with Gasteiger partial charge < -0.3 is 10.1 Å². The molecule has 0 aliphatic carbocycles. The maximum atomic E-state index is 11.6. The van der Waals surface area contributed by atoms with Crippen LogP contribution in [0, 0.1) is 0 Å². The fraction of sp³-hybridized carbons (Fsp3) is 0.429. The molecule has 102 valence electrons. The van der Waals surface area contributed by atoms with E-state index in [1.54, 1.807) is 0 Å². The Kier molecular flexibility index (Phi) is 4.39. The summed E-state index contributed by atoms with van der Waals surface area (Å²) in [5.41, 5.74) is 0.822. The molecule has 1 aliphatic rings. The lowest BCUT2D eigenvalue weighted by molar-refractivity contribution is -0.133. The van der Waals surface area contributed by atoms with Gasteiger partial charge in [0.15, 0.2) is 0 Å². The minimum absolute atomic E-state index is 0.205. The largest absolute Gasteiger partial charge is 0.494 e. The number of benzene rings is 1. The smallest absolute Gasteiger partial charge is 0.249 e. The zero-order valence-electron chi connectivity index (χ0n) is 10.9. The van der Waals surface area contributed by atoms with Gasteiger partial charge in [0.05, 0.1) is 6.61 Å². The number of imide groups is 1. The number of carbonyl (C=O) groups excluding carboxylic acids is 2. The van der Waals surface area contributed by atoms with E-state index in [1.807, 2.05) is 31.2 Å². The van der Waals surface area contributed by atoms with Gasteiger partial charge in [0.1, 0.15) is 11.8 Å². The van der Waals surface area contributed by atoms with Crippen LogP contribution in [0.15, 0.2) is 24.3 Å². The van der Waals surface area contributed by atoms with Crippen LogP contribution < -0.4 is 15.4 Å². The summed E-state index contributed by atoms with van der Waals surface area (Å²) >= 11 is 0. The molecule has 1 fully saturated rings. The van der Waals surface area contributed by atoms with E-state index in [1.165, 1.54) is 0 Å². The van der Waals surface area contributed by atoms with Crippen LogP contribution in [-0.2, 0) is 9.59 Å². The van der Waals surface area contributed by atoms with Crippen molar-refractivity contribution < 1.29 is 14.3 Å². The van der Waals surface area contributed by atoms with Gasteiger partial charge in [-0.2, -0.15) is 0 Å². The summed E-state index contributed by atoms with van der Waals surface area (Å²) in [4.78, 5) is 22.7. The standard InChI is InChI=1S/C14H18N2O3/c1-2-8-19-11-5-3-4-10(9-11)15-12-6-7-13(17)16-14(12)18/h3-5,9,12,15H,2,6-8H2,1H3,(H,16,17,18). The minimum Gasteiger partial charge on any atom is -0.494 e. The van der Waals surface area contributed by atoms with Crippen LogP contribution in [0.5, 0.6) is 5.75 Å². The van der Waals surface area contributed by atoms with Crippen molar-refractivity contribution in [3.63, 3.8) is 0 Å². The summed E-state index contributed by atoms with van der Waals surface area (Å²) in [5.74, 6) is 0.304. The van der Waals surface area contributed by atoms with Crippen LogP contribution in [-0.4, -0.2) is 24.5 Å². The highest BCUT2D eigenvalue weighted by molar-refractivity contribution is 6.01. The topological polar surface area (TPSA) is 67.4 Å². The zero-order valence-corrected chi connectivity index (χ0v) is 10.9. The van der Waals surface area contributed by atoms with Crippen molar-refractivity contribution in [3.8, 4) is 5.75 Å². The molecule has 1 aromatic rings. The quantitative estimate of drug-likeness (QED) is 0.792. The highest BCUT2D eigenvalue weighted by Crippen LogP contribution is 2.20. The van der Waals surface area contributed by atoms with Crippen LogP contribution in [0.2, 0.25) is 0 Å². The molecule has 1 aliphatic heterocycles. The molecule has 0 saturated carbocycles. The minimum atomic E-state index is -0.362. The van der Waals surface area contributed by atoms with Crippen molar-refractivity contribution in [1.29, 1.82) is 0 Å². The lowest BCUT2D eigenvalue weighted by Crippen LogP contribution is -2.47. The molecular weight excluding hydrogens is 244 g/mol. The average molecular weight is 262 g/mol. The molecule has 2 rings (SSSR count). The number of rotatable bonds is 5. The number of nitrogens with one attached hydrogen (secondary N) is 2. The molecule has 1 unspecified atom stereocenters. The van der Waals surface area contributed by atoms with Gasteiger partial charge in [-0.3, -0.25) is 14.9 Å². The predicted octanol–water partition coefficient (Wildman–Crippen LogP) is 1.69. The third kappa shape index (κ3) is 3.71. The fourth-order valence-corrected chi connectivity index (χ4v) is 1.93.